The van der Waals surface area contributed by atoms with Gasteiger partial charge < -0.3 is 4.74 Å². The van der Waals surface area contributed by atoms with Crippen LogP contribution in [0.5, 0.6) is 0 Å². The number of halogens is 4. The molecule has 0 N–H and O–H groups in total. The molecule has 0 aromatic heterocycles. The molecule has 6 heteroatoms. The van der Waals surface area contributed by atoms with E-state index in [0.29, 0.717) is 0 Å². The summed E-state index contributed by atoms with van der Waals surface area (Å²) in [5, 5.41) is 0. The van der Waals surface area contributed by atoms with Crippen LogP contribution in [0.25, 0.3) is 0 Å². The molecular weight excluding hydrogens is 228 g/mol. The lowest BCUT2D eigenvalue weighted by Gasteiger charge is -2.07. The zero-order chi connectivity index (χ0) is 12.3. The van der Waals surface area contributed by atoms with Gasteiger partial charge in [0.25, 0.3) is 0 Å². The number of ether oxygens (including phenoxy) is 1. The molecule has 0 aliphatic heterocycles. The molecule has 0 unspecified atom stereocenters. The van der Waals surface area contributed by atoms with Crippen LogP contribution in [0.3, 0.4) is 0 Å². The number of hydrogen-bond donors (Lipinski definition) is 0. The van der Waals surface area contributed by atoms with Crippen LogP contribution >= 0.6 is 0 Å². The van der Waals surface area contributed by atoms with E-state index in [2.05, 4.69) is 4.74 Å². The van der Waals surface area contributed by atoms with Crippen molar-refractivity contribution >= 4 is 5.97 Å². The number of benzene rings is 1. The molecule has 0 spiro atoms. The van der Waals surface area contributed by atoms with E-state index in [4.69, 9.17) is 0 Å². The lowest BCUT2D eigenvalue weighted by Crippen LogP contribution is -2.04. The van der Waals surface area contributed by atoms with Crippen molar-refractivity contribution in [2.24, 2.45) is 0 Å². The molecule has 0 aliphatic rings. The summed E-state index contributed by atoms with van der Waals surface area (Å²) in [5.41, 5.74) is -1.39. The van der Waals surface area contributed by atoms with Gasteiger partial charge >= 0.3 is 12.4 Å². The van der Waals surface area contributed by atoms with Gasteiger partial charge in [-0.05, 0) is 6.07 Å². The van der Waals surface area contributed by atoms with Crippen LogP contribution in [0.15, 0.2) is 12.1 Å². The summed E-state index contributed by atoms with van der Waals surface area (Å²) < 4.78 is 54.8. The third kappa shape index (κ3) is 2.71. The molecule has 0 amide bonds. The summed E-state index contributed by atoms with van der Waals surface area (Å²) >= 11 is 0. The molecular formula is C10H7F4O2. The Bertz CT molecular complexity index is 404. The monoisotopic (exact) mass is 235 g/mol. The highest BCUT2D eigenvalue weighted by Crippen LogP contribution is 2.25. The summed E-state index contributed by atoms with van der Waals surface area (Å²) in [6.07, 6.45) is -2.31. The van der Waals surface area contributed by atoms with E-state index in [9.17, 15) is 22.4 Å². The van der Waals surface area contributed by atoms with Crippen LogP contribution in [-0.2, 0) is 16.1 Å². The predicted octanol–water partition coefficient (Wildman–Crippen LogP) is 2.80. The number of rotatable bonds is 3. The Hall–Kier alpha value is -1.59. The van der Waals surface area contributed by atoms with Crippen molar-refractivity contribution < 1.29 is 27.1 Å². The van der Waals surface area contributed by atoms with Gasteiger partial charge in [-0.3, -0.25) is 4.79 Å². The Kier molecular flexibility index (Phi) is 3.87. The fourth-order valence-electron chi connectivity index (χ4n) is 1.03. The fourth-order valence-corrected chi connectivity index (χ4v) is 1.03. The Balaban J connectivity index is 2.97. The molecule has 16 heavy (non-hydrogen) atoms. The van der Waals surface area contributed by atoms with Crippen molar-refractivity contribution in [3.05, 3.63) is 41.3 Å². The van der Waals surface area contributed by atoms with Crippen LogP contribution in [0.2, 0.25) is 0 Å². The SMILES string of the molecule is CC(=O)OCc1ccc([C](F)F)c(F)c1F. The molecule has 0 atom stereocenters. The van der Waals surface area contributed by atoms with E-state index in [1.807, 2.05) is 0 Å². The Morgan fingerprint density at radius 2 is 1.88 bits per heavy atom. The van der Waals surface area contributed by atoms with Gasteiger partial charge in [-0.15, -0.1) is 0 Å². The molecule has 0 fully saturated rings. The standard InChI is InChI=1S/C10H7F4O2/c1-5(15)16-4-6-2-3-7(10(13)14)9(12)8(6)11/h2-3H,4H2,1H3. The molecule has 0 saturated carbocycles. The Morgan fingerprint density at radius 1 is 1.25 bits per heavy atom. The first-order chi connectivity index (χ1) is 7.43. The van der Waals surface area contributed by atoms with Crippen molar-refractivity contribution in [1.29, 1.82) is 0 Å². The Morgan fingerprint density at radius 3 is 2.38 bits per heavy atom. The van der Waals surface area contributed by atoms with E-state index in [-0.39, 0.29) is 5.56 Å². The summed E-state index contributed by atoms with van der Waals surface area (Å²) in [4.78, 5) is 10.4. The first-order valence-corrected chi connectivity index (χ1v) is 4.22. The van der Waals surface area contributed by atoms with Crippen molar-refractivity contribution in [2.75, 3.05) is 0 Å². The zero-order valence-electron chi connectivity index (χ0n) is 8.19. The molecule has 0 aliphatic carbocycles. The molecule has 1 aromatic rings. The molecule has 1 rings (SSSR count). The highest BCUT2D eigenvalue weighted by molar-refractivity contribution is 5.65. The van der Waals surface area contributed by atoms with Crippen LogP contribution < -0.4 is 0 Å². The van der Waals surface area contributed by atoms with Crippen LogP contribution in [0.4, 0.5) is 17.6 Å². The minimum atomic E-state index is -2.31. The number of carbonyl (C=O) groups excluding carboxylic acids is 1. The Labute approximate surface area is 88.8 Å². The quantitative estimate of drug-likeness (QED) is 0.594. The second kappa shape index (κ2) is 4.96. The second-order valence-corrected chi connectivity index (χ2v) is 2.94. The van der Waals surface area contributed by atoms with E-state index >= 15 is 0 Å². The van der Waals surface area contributed by atoms with Crippen LogP contribution in [-0.4, -0.2) is 5.97 Å². The van der Waals surface area contributed by atoms with E-state index in [0.717, 1.165) is 19.1 Å². The van der Waals surface area contributed by atoms with Gasteiger partial charge in [0, 0.05) is 12.5 Å². The average Bonchev–Trinajstić information content (AvgIpc) is 2.19. The minimum absolute atomic E-state index is 0.294. The van der Waals surface area contributed by atoms with Gasteiger partial charge in [-0.25, -0.2) is 8.78 Å². The van der Waals surface area contributed by atoms with Gasteiger partial charge in [0.05, 0.1) is 5.56 Å². The average molecular weight is 235 g/mol. The van der Waals surface area contributed by atoms with E-state index < -0.39 is 36.2 Å². The molecule has 87 valence electrons. The molecule has 1 aromatic carbocycles. The summed E-state index contributed by atoms with van der Waals surface area (Å²) in [6.45, 7) is 0.601. The first kappa shape index (κ1) is 12.5. The first-order valence-electron chi connectivity index (χ1n) is 4.22. The van der Waals surface area contributed by atoms with E-state index in [1.54, 1.807) is 0 Å². The summed E-state index contributed by atoms with van der Waals surface area (Å²) in [7, 11) is 0. The third-order valence-electron chi connectivity index (χ3n) is 1.80. The van der Waals surface area contributed by atoms with Gasteiger partial charge in [0.2, 0.25) is 0 Å². The number of hydrogen-bond acceptors (Lipinski definition) is 2. The highest BCUT2D eigenvalue weighted by atomic mass is 19.3. The largest absolute Gasteiger partial charge is 0.461 e. The number of esters is 1. The van der Waals surface area contributed by atoms with Crippen LogP contribution in [0, 0.1) is 18.1 Å². The van der Waals surface area contributed by atoms with Crippen LogP contribution in [0.1, 0.15) is 18.1 Å². The lowest BCUT2D eigenvalue weighted by molar-refractivity contribution is -0.142. The van der Waals surface area contributed by atoms with Gasteiger partial charge in [0.1, 0.15) is 6.61 Å². The van der Waals surface area contributed by atoms with Crippen molar-refractivity contribution in [3.63, 3.8) is 0 Å². The lowest BCUT2D eigenvalue weighted by atomic mass is 10.1. The normalized spacial score (nSPS) is 10.6. The number of carbonyl (C=O) groups is 1. The maximum Gasteiger partial charge on any atom is 0.342 e. The predicted molar refractivity (Wildman–Crippen MR) is 46.4 cm³/mol. The molecule has 0 saturated heterocycles. The van der Waals surface area contributed by atoms with Crippen molar-refractivity contribution in [3.8, 4) is 0 Å². The van der Waals surface area contributed by atoms with Gasteiger partial charge in [-0.2, -0.15) is 8.78 Å². The fraction of sp³-hybridized carbons (Fsp3) is 0.200. The molecule has 1 radical (unpaired) electrons. The van der Waals surface area contributed by atoms with Crippen molar-refractivity contribution in [1.82, 2.24) is 0 Å². The smallest absolute Gasteiger partial charge is 0.342 e. The third-order valence-corrected chi connectivity index (χ3v) is 1.80. The topological polar surface area (TPSA) is 26.3 Å². The summed E-state index contributed by atoms with van der Waals surface area (Å²) in [5.74, 6) is -3.76. The van der Waals surface area contributed by atoms with Gasteiger partial charge in [-0.1, -0.05) is 6.07 Å². The minimum Gasteiger partial charge on any atom is -0.461 e. The maximum atomic E-state index is 13.2. The zero-order valence-corrected chi connectivity index (χ0v) is 8.19. The molecule has 0 heterocycles. The van der Waals surface area contributed by atoms with Gasteiger partial charge in [0.15, 0.2) is 11.6 Å². The molecule has 0 bridgehead atoms. The maximum absolute atomic E-state index is 13.2. The van der Waals surface area contributed by atoms with E-state index in [1.165, 1.54) is 0 Å². The second-order valence-electron chi connectivity index (χ2n) is 2.94. The highest BCUT2D eigenvalue weighted by Gasteiger charge is 2.21. The molecule has 2 nitrogen and oxygen atoms in total. The summed E-state index contributed by atoms with van der Waals surface area (Å²) in [6, 6.07) is 1.67. The van der Waals surface area contributed by atoms with Crippen molar-refractivity contribution in [2.45, 2.75) is 13.5 Å².